The van der Waals surface area contributed by atoms with Gasteiger partial charge in [0, 0.05) is 0 Å². The zero-order valence-electron chi connectivity index (χ0n) is 8.83. The smallest absolute Gasteiger partial charge is 0.132 e. The summed E-state index contributed by atoms with van der Waals surface area (Å²) < 4.78 is 0. The van der Waals surface area contributed by atoms with E-state index in [0.29, 0.717) is 0 Å². The van der Waals surface area contributed by atoms with Crippen LogP contribution in [0.3, 0.4) is 0 Å². The number of nitrogens with two attached hydrogens (primary N) is 1. The lowest BCUT2D eigenvalue weighted by molar-refractivity contribution is 0.217. The van der Waals surface area contributed by atoms with Crippen LogP contribution < -0.4 is 5.73 Å². The molecule has 0 saturated heterocycles. The molecule has 0 radical (unpaired) electrons. The minimum Gasteiger partial charge on any atom is -0.378 e. The van der Waals surface area contributed by atoms with Crippen molar-refractivity contribution >= 4 is 8.07 Å². The first-order chi connectivity index (χ1) is 5.87. The molecule has 0 aliphatic carbocycles. The average molecular weight is 197 g/mol. The number of hydrogen-bond acceptors (Lipinski definition) is 2. The molecule has 0 heterocycles. The van der Waals surface area contributed by atoms with E-state index in [1.165, 1.54) is 0 Å². The fourth-order valence-electron chi connectivity index (χ4n) is 0.714. The zero-order valence-corrected chi connectivity index (χ0v) is 9.83. The molecule has 0 bridgehead atoms. The van der Waals surface area contributed by atoms with Crippen LogP contribution in [0, 0.1) is 11.5 Å². The third kappa shape index (κ3) is 6.58. The first-order valence-corrected chi connectivity index (χ1v) is 7.96. The molecule has 0 aromatic rings. The second kappa shape index (κ2) is 5.23. The minimum absolute atomic E-state index is 0.367. The molecule has 0 amide bonds. The van der Waals surface area contributed by atoms with Gasteiger partial charge in [0.05, 0.1) is 6.04 Å². The van der Waals surface area contributed by atoms with Gasteiger partial charge in [-0.25, -0.2) is 0 Å². The Bertz CT molecular complexity index is 232. The number of hydrogen-bond donors (Lipinski definition) is 2. The predicted molar refractivity (Wildman–Crippen MR) is 59.9 cm³/mol. The van der Waals surface area contributed by atoms with E-state index in [9.17, 15) is 5.11 Å². The van der Waals surface area contributed by atoms with Gasteiger partial charge >= 0.3 is 0 Å². The van der Waals surface area contributed by atoms with Crippen molar-refractivity contribution in [1.29, 1.82) is 0 Å². The first-order valence-electron chi connectivity index (χ1n) is 4.46. The lowest BCUT2D eigenvalue weighted by Crippen LogP contribution is -2.32. The molecule has 13 heavy (non-hydrogen) atoms. The van der Waals surface area contributed by atoms with Crippen molar-refractivity contribution in [2.45, 2.75) is 38.7 Å². The third-order valence-corrected chi connectivity index (χ3v) is 2.27. The maximum Gasteiger partial charge on any atom is 0.132 e. The summed E-state index contributed by atoms with van der Waals surface area (Å²) in [4.78, 5) is 0. The van der Waals surface area contributed by atoms with Crippen LogP contribution in [0.25, 0.3) is 0 Å². The summed E-state index contributed by atoms with van der Waals surface area (Å²) in [6, 6.07) is -0.367. The van der Waals surface area contributed by atoms with Gasteiger partial charge in [-0.1, -0.05) is 37.7 Å². The van der Waals surface area contributed by atoms with Crippen LogP contribution >= 0.6 is 0 Å². The van der Waals surface area contributed by atoms with Gasteiger partial charge in [-0.2, -0.15) is 0 Å². The normalized spacial score (nSPS) is 16.5. The van der Waals surface area contributed by atoms with E-state index >= 15 is 0 Å². The summed E-state index contributed by atoms with van der Waals surface area (Å²) >= 11 is 0. The molecular weight excluding hydrogens is 178 g/mol. The standard InChI is InChI=1S/C10H19NOSi/c1-5-6-9(11)10(12)7-8-13(2,3)4/h5-6,9-10,12H,11H2,1-4H3/b6-5+. The summed E-state index contributed by atoms with van der Waals surface area (Å²) in [6.07, 6.45) is 2.84. The zero-order chi connectivity index (χ0) is 10.5. The Morgan fingerprint density at radius 1 is 1.38 bits per heavy atom. The molecule has 3 N–H and O–H groups in total. The van der Waals surface area contributed by atoms with Crippen LogP contribution in [0.15, 0.2) is 12.2 Å². The molecule has 2 unspecified atom stereocenters. The minimum atomic E-state index is -1.39. The Balaban J connectivity index is 4.26. The summed E-state index contributed by atoms with van der Waals surface area (Å²) in [5.74, 6) is 2.80. The van der Waals surface area contributed by atoms with Crippen molar-refractivity contribution in [1.82, 2.24) is 0 Å². The molecule has 2 atom stereocenters. The number of allylic oxidation sites excluding steroid dienone is 1. The van der Waals surface area contributed by atoms with E-state index in [2.05, 4.69) is 31.1 Å². The second-order valence-electron chi connectivity index (χ2n) is 4.07. The molecule has 0 aliphatic rings. The maximum atomic E-state index is 9.48. The highest BCUT2D eigenvalue weighted by Gasteiger charge is 2.11. The molecule has 0 aliphatic heterocycles. The molecule has 0 rings (SSSR count). The van der Waals surface area contributed by atoms with Gasteiger partial charge in [0.15, 0.2) is 0 Å². The average Bonchev–Trinajstić information content (AvgIpc) is 1.99. The van der Waals surface area contributed by atoms with Gasteiger partial charge < -0.3 is 10.8 Å². The topological polar surface area (TPSA) is 46.2 Å². The molecule has 0 aromatic heterocycles. The quantitative estimate of drug-likeness (QED) is 0.396. The Morgan fingerprint density at radius 3 is 2.31 bits per heavy atom. The van der Waals surface area contributed by atoms with Crippen molar-refractivity contribution in [2.24, 2.45) is 5.73 Å². The summed E-state index contributed by atoms with van der Waals surface area (Å²) in [5, 5.41) is 9.48. The predicted octanol–water partition coefficient (Wildman–Crippen LogP) is 1.13. The van der Waals surface area contributed by atoms with Crippen LogP contribution in [0.1, 0.15) is 6.92 Å². The number of aliphatic hydroxyl groups excluding tert-OH is 1. The lowest BCUT2D eigenvalue weighted by Gasteiger charge is -2.10. The van der Waals surface area contributed by atoms with Gasteiger partial charge in [0.1, 0.15) is 14.2 Å². The van der Waals surface area contributed by atoms with Gasteiger partial charge in [-0.15, -0.1) is 5.54 Å². The SMILES string of the molecule is C/C=C/C(N)C(O)C#C[Si](C)(C)C. The Morgan fingerprint density at radius 2 is 1.92 bits per heavy atom. The van der Waals surface area contributed by atoms with Gasteiger partial charge in [-0.05, 0) is 6.92 Å². The largest absolute Gasteiger partial charge is 0.378 e. The molecule has 0 saturated carbocycles. The molecule has 0 spiro atoms. The maximum absolute atomic E-state index is 9.48. The van der Waals surface area contributed by atoms with Gasteiger partial charge in [0.25, 0.3) is 0 Å². The summed E-state index contributed by atoms with van der Waals surface area (Å²) in [6.45, 7) is 8.27. The Labute approximate surface area is 81.8 Å². The van der Waals surface area contributed by atoms with E-state index in [4.69, 9.17) is 5.73 Å². The summed E-state index contributed by atoms with van der Waals surface area (Å²) in [5.41, 5.74) is 8.72. The van der Waals surface area contributed by atoms with Crippen LogP contribution in [0.4, 0.5) is 0 Å². The Kier molecular flexibility index (Phi) is 5.00. The lowest BCUT2D eigenvalue weighted by atomic mass is 10.2. The fraction of sp³-hybridized carbons (Fsp3) is 0.600. The van der Waals surface area contributed by atoms with Crippen molar-refractivity contribution in [3.8, 4) is 11.5 Å². The van der Waals surface area contributed by atoms with Gasteiger partial charge in [0.2, 0.25) is 0 Å². The molecule has 2 nitrogen and oxygen atoms in total. The van der Waals surface area contributed by atoms with E-state index in [1.54, 1.807) is 6.08 Å². The van der Waals surface area contributed by atoms with Crippen molar-refractivity contribution in [3.63, 3.8) is 0 Å². The highest BCUT2D eigenvalue weighted by molar-refractivity contribution is 6.83. The molecule has 74 valence electrons. The Hall–Kier alpha value is -0.563. The van der Waals surface area contributed by atoms with Crippen LogP contribution in [0.5, 0.6) is 0 Å². The van der Waals surface area contributed by atoms with E-state index in [1.807, 2.05) is 13.0 Å². The number of rotatable bonds is 2. The third-order valence-electron chi connectivity index (χ3n) is 1.37. The van der Waals surface area contributed by atoms with Crippen LogP contribution in [-0.2, 0) is 0 Å². The summed E-state index contributed by atoms with van der Waals surface area (Å²) in [7, 11) is -1.39. The highest BCUT2D eigenvalue weighted by Crippen LogP contribution is 1.98. The monoisotopic (exact) mass is 197 g/mol. The highest BCUT2D eigenvalue weighted by atomic mass is 28.3. The van der Waals surface area contributed by atoms with Crippen LogP contribution in [0.2, 0.25) is 19.6 Å². The molecule has 0 fully saturated rings. The van der Waals surface area contributed by atoms with Gasteiger partial charge in [-0.3, -0.25) is 0 Å². The van der Waals surface area contributed by atoms with E-state index < -0.39 is 14.2 Å². The molecule has 0 aromatic carbocycles. The van der Waals surface area contributed by atoms with Crippen LogP contribution in [-0.4, -0.2) is 25.3 Å². The number of aliphatic hydroxyl groups is 1. The second-order valence-corrected chi connectivity index (χ2v) is 8.82. The molecule has 3 heteroatoms. The van der Waals surface area contributed by atoms with E-state index in [0.717, 1.165) is 0 Å². The molecular formula is C10H19NOSi. The van der Waals surface area contributed by atoms with E-state index in [-0.39, 0.29) is 6.04 Å². The van der Waals surface area contributed by atoms with Crippen molar-refractivity contribution < 1.29 is 5.11 Å². The van der Waals surface area contributed by atoms with Crippen molar-refractivity contribution in [3.05, 3.63) is 12.2 Å². The first kappa shape index (κ1) is 12.4. The van der Waals surface area contributed by atoms with Crippen molar-refractivity contribution in [2.75, 3.05) is 0 Å². The fourth-order valence-corrected chi connectivity index (χ4v) is 1.30.